The van der Waals surface area contributed by atoms with Crippen molar-refractivity contribution >= 4 is 27.5 Å². The van der Waals surface area contributed by atoms with E-state index in [1.807, 2.05) is 0 Å². The number of alkyl halides is 3. The molecule has 1 N–H and O–H groups in total. The molecule has 0 bridgehead atoms. The summed E-state index contributed by atoms with van der Waals surface area (Å²) in [5.41, 5.74) is -4.12. The van der Waals surface area contributed by atoms with Gasteiger partial charge >= 0.3 is 6.18 Å². The van der Waals surface area contributed by atoms with Crippen LogP contribution in [0.5, 0.6) is 0 Å². The van der Waals surface area contributed by atoms with Crippen molar-refractivity contribution < 1.29 is 23.1 Å². The van der Waals surface area contributed by atoms with Gasteiger partial charge in [0.1, 0.15) is 5.71 Å². The highest BCUT2D eigenvalue weighted by Gasteiger charge is 2.57. The van der Waals surface area contributed by atoms with Crippen molar-refractivity contribution in [1.82, 2.24) is 5.01 Å². The minimum absolute atomic E-state index is 0.134. The first-order valence-corrected chi connectivity index (χ1v) is 7.63. The summed E-state index contributed by atoms with van der Waals surface area (Å²) in [6, 6.07) is 6.18. The first-order valence-electron chi connectivity index (χ1n) is 6.83. The minimum Gasteiger partial charge on any atom is -0.368 e. The van der Waals surface area contributed by atoms with Crippen LogP contribution < -0.4 is 0 Å². The second-order valence-corrected chi connectivity index (χ2v) is 7.33. The van der Waals surface area contributed by atoms with Crippen LogP contribution in [0.3, 0.4) is 0 Å². The molecule has 1 atom stereocenters. The van der Waals surface area contributed by atoms with E-state index in [0.29, 0.717) is 9.48 Å². The summed E-state index contributed by atoms with van der Waals surface area (Å²) in [5.74, 6) is -0.789. The van der Waals surface area contributed by atoms with Crippen molar-refractivity contribution in [2.75, 3.05) is 0 Å². The molecule has 2 rings (SSSR count). The highest BCUT2D eigenvalue weighted by atomic mass is 79.9. The molecule has 0 fully saturated rings. The molecule has 23 heavy (non-hydrogen) atoms. The fourth-order valence-electron chi connectivity index (χ4n) is 2.24. The fraction of sp³-hybridized carbons (Fsp3) is 0.467. The molecule has 4 nitrogen and oxygen atoms in total. The normalized spacial score (nSPS) is 22.3. The summed E-state index contributed by atoms with van der Waals surface area (Å²) in [6.07, 6.45) is -5.47. The Morgan fingerprint density at radius 3 is 2.43 bits per heavy atom. The van der Waals surface area contributed by atoms with Gasteiger partial charge in [-0.05, 0) is 18.2 Å². The summed E-state index contributed by atoms with van der Waals surface area (Å²) in [4.78, 5) is 12.6. The molecule has 1 heterocycles. The lowest BCUT2D eigenvalue weighted by Gasteiger charge is -2.41. The van der Waals surface area contributed by atoms with E-state index < -0.39 is 35.4 Å². The van der Waals surface area contributed by atoms with Gasteiger partial charge in [-0.15, -0.1) is 0 Å². The monoisotopic (exact) mass is 392 g/mol. The molecule has 8 heteroatoms. The van der Waals surface area contributed by atoms with E-state index in [2.05, 4.69) is 21.0 Å². The summed E-state index contributed by atoms with van der Waals surface area (Å²) in [5, 5.41) is 14.7. The lowest BCUT2D eigenvalue weighted by Crippen LogP contribution is -2.55. The number of hydrogen-bond donors (Lipinski definition) is 1. The second-order valence-electron chi connectivity index (χ2n) is 6.42. The third-order valence-electron chi connectivity index (χ3n) is 3.78. The van der Waals surface area contributed by atoms with E-state index in [4.69, 9.17) is 0 Å². The Kier molecular flexibility index (Phi) is 4.36. The van der Waals surface area contributed by atoms with Crippen LogP contribution in [0.25, 0.3) is 0 Å². The van der Waals surface area contributed by atoms with Crippen molar-refractivity contribution in [2.45, 2.75) is 39.1 Å². The minimum atomic E-state index is -4.70. The Morgan fingerprint density at radius 1 is 1.35 bits per heavy atom. The number of carbonyl (C=O) groups excluding carboxylic acids is 1. The van der Waals surface area contributed by atoms with Gasteiger partial charge in [0, 0.05) is 21.9 Å². The first kappa shape index (κ1) is 17.9. The standard InChI is InChI=1S/C15H16BrF3N2O2/c1-13(2,3)14(23)8-11(15(17,18)19)20-21(14)12(22)9-5-4-6-10(16)7-9/h4-7,23H,8H2,1-3H3/t14-/m0/s1. The van der Waals surface area contributed by atoms with Crippen LogP contribution in [0.15, 0.2) is 33.8 Å². The van der Waals surface area contributed by atoms with E-state index in [0.717, 1.165) is 0 Å². The Bertz CT molecular complexity index is 667. The third kappa shape index (κ3) is 3.28. The van der Waals surface area contributed by atoms with Gasteiger partial charge in [0.15, 0.2) is 5.72 Å². The van der Waals surface area contributed by atoms with E-state index >= 15 is 0 Å². The Labute approximate surface area is 140 Å². The fourth-order valence-corrected chi connectivity index (χ4v) is 2.64. The molecule has 0 aliphatic carbocycles. The van der Waals surface area contributed by atoms with Crippen molar-refractivity contribution in [1.29, 1.82) is 0 Å². The molecule has 1 aliphatic rings. The van der Waals surface area contributed by atoms with Crippen LogP contribution in [-0.2, 0) is 0 Å². The first-order chi connectivity index (χ1) is 10.4. The maximum absolute atomic E-state index is 13.0. The van der Waals surface area contributed by atoms with Crippen LogP contribution in [-0.4, -0.2) is 33.6 Å². The van der Waals surface area contributed by atoms with Crippen LogP contribution in [0.1, 0.15) is 37.6 Å². The average molecular weight is 393 g/mol. The third-order valence-corrected chi connectivity index (χ3v) is 4.27. The zero-order chi connectivity index (χ0) is 17.6. The van der Waals surface area contributed by atoms with Gasteiger partial charge in [-0.3, -0.25) is 4.79 Å². The maximum Gasteiger partial charge on any atom is 0.431 e. The predicted octanol–water partition coefficient (Wildman–Crippen LogP) is 3.95. The summed E-state index contributed by atoms with van der Waals surface area (Å²) in [6.45, 7) is 4.68. The number of amides is 1. The van der Waals surface area contributed by atoms with E-state index in [-0.39, 0.29) is 5.56 Å². The molecule has 1 amide bonds. The van der Waals surface area contributed by atoms with Gasteiger partial charge in [0.2, 0.25) is 0 Å². The topological polar surface area (TPSA) is 52.9 Å². The number of aliphatic hydroxyl groups is 1. The van der Waals surface area contributed by atoms with Crippen molar-refractivity contribution in [2.24, 2.45) is 10.5 Å². The number of benzene rings is 1. The lowest BCUT2D eigenvalue weighted by atomic mass is 9.80. The molecule has 0 aromatic heterocycles. The number of halogens is 4. The number of hydrazone groups is 1. The quantitative estimate of drug-likeness (QED) is 0.786. The molecule has 0 saturated carbocycles. The molecule has 0 radical (unpaired) electrons. The molecule has 0 saturated heterocycles. The van der Waals surface area contributed by atoms with Crippen LogP contribution in [0, 0.1) is 5.41 Å². The van der Waals surface area contributed by atoms with Gasteiger partial charge in [-0.2, -0.15) is 23.3 Å². The average Bonchev–Trinajstić information content (AvgIpc) is 2.77. The van der Waals surface area contributed by atoms with E-state index in [1.54, 1.807) is 32.9 Å². The van der Waals surface area contributed by atoms with Crippen molar-refractivity contribution in [3.8, 4) is 0 Å². The number of hydrogen-bond acceptors (Lipinski definition) is 3. The molecule has 0 unspecified atom stereocenters. The van der Waals surface area contributed by atoms with Crippen molar-refractivity contribution in [3.05, 3.63) is 34.3 Å². The van der Waals surface area contributed by atoms with Crippen molar-refractivity contribution in [3.63, 3.8) is 0 Å². The number of rotatable bonds is 1. The number of nitrogens with zero attached hydrogens (tertiary/aromatic N) is 2. The van der Waals surface area contributed by atoms with Crippen LogP contribution in [0.2, 0.25) is 0 Å². The second kappa shape index (κ2) is 5.59. The van der Waals surface area contributed by atoms with E-state index in [9.17, 15) is 23.1 Å². The highest BCUT2D eigenvalue weighted by Crippen LogP contribution is 2.44. The molecular weight excluding hydrogens is 377 g/mol. The maximum atomic E-state index is 13.0. The molecule has 0 spiro atoms. The van der Waals surface area contributed by atoms with E-state index in [1.165, 1.54) is 12.1 Å². The largest absolute Gasteiger partial charge is 0.431 e. The zero-order valence-corrected chi connectivity index (χ0v) is 14.4. The molecule has 1 aliphatic heterocycles. The van der Waals surface area contributed by atoms with Gasteiger partial charge in [-0.25, -0.2) is 0 Å². The van der Waals surface area contributed by atoms with Gasteiger partial charge in [0.05, 0.1) is 0 Å². The summed E-state index contributed by atoms with van der Waals surface area (Å²) < 4.78 is 39.6. The molecule has 126 valence electrons. The SMILES string of the molecule is CC(C)(C)[C@@]1(O)CC(C(F)(F)F)=NN1C(=O)c1cccc(Br)c1. The highest BCUT2D eigenvalue weighted by molar-refractivity contribution is 9.10. The lowest BCUT2D eigenvalue weighted by molar-refractivity contribution is -0.144. The van der Waals surface area contributed by atoms with Gasteiger partial charge in [0.25, 0.3) is 5.91 Å². The zero-order valence-electron chi connectivity index (χ0n) is 12.8. The molecule has 1 aromatic carbocycles. The summed E-state index contributed by atoms with van der Waals surface area (Å²) >= 11 is 3.20. The smallest absolute Gasteiger partial charge is 0.368 e. The Morgan fingerprint density at radius 2 is 1.96 bits per heavy atom. The predicted molar refractivity (Wildman–Crippen MR) is 82.8 cm³/mol. The molecular formula is C15H16BrF3N2O2. The van der Waals surface area contributed by atoms with Crippen LogP contribution in [0.4, 0.5) is 13.2 Å². The summed E-state index contributed by atoms with van der Waals surface area (Å²) in [7, 11) is 0. The molecule has 1 aromatic rings. The van der Waals surface area contributed by atoms with Crippen LogP contribution >= 0.6 is 15.9 Å². The van der Waals surface area contributed by atoms with Gasteiger partial charge < -0.3 is 5.11 Å². The van der Waals surface area contributed by atoms with Gasteiger partial charge in [-0.1, -0.05) is 42.8 Å². The Balaban J connectivity index is 2.50. The number of carbonyl (C=O) groups is 1. The Hall–Kier alpha value is -1.41.